The van der Waals surface area contributed by atoms with Crippen molar-refractivity contribution in [3.05, 3.63) is 27.2 Å². The lowest BCUT2D eigenvalue weighted by Crippen LogP contribution is -2.40. The van der Waals surface area contributed by atoms with E-state index in [-0.39, 0.29) is 18.4 Å². The van der Waals surface area contributed by atoms with Crippen LogP contribution in [0.2, 0.25) is 10.0 Å². The summed E-state index contributed by atoms with van der Waals surface area (Å²) in [5.74, 6) is -0.517. The van der Waals surface area contributed by atoms with E-state index in [1.54, 1.807) is 13.0 Å². The molecule has 1 atom stereocenters. The van der Waals surface area contributed by atoms with E-state index in [0.29, 0.717) is 28.7 Å². The van der Waals surface area contributed by atoms with Gasteiger partial charge in [0.1, 0.15) is 6.61 Å². The van der Waals surface area contributed by atoms with Gasteiger partial charge in [0.25, 0.3) is 0 Å². The van der Waals surface area contributed by atoms with Crippen LogP contribution < -0.4 is 5.32 Å². The number of hydrogen-bond acceptors (Lipinski definition) is 3. The number of carbonyl (C=O) groups excluding carboxylic acids is 2. The predicted molar refractivity (Wildman–Crippen MR) is 79.8 cm³/mol. The average Bonchev–Trinajstić information content (AvgIpc) is 3.02. The topological polar surface area (TPSA) is 69.6 Å². The van der Waals surface area contributed by atoms with E-state index in [0.717, 1.165) is 11.1 Å². The zero-order valence-electron chi connectivity index (χ0n) is 11.4. The third-order valence-corrected chi connectivity index (χ3v) is 5.28. The molecular formula is C14H14Cl2N2O3. The number of halogens is 2. The maximum atomic E-state index is 12.5. The molecule has 2 aliphatic heterocycles. The summed E-state index contributed by atoms with van der Waals surface area (Å²) in [5.41, 5.74) is 1.41. The highest BCUT2D eigenvalue weighted by Crippen LogP contribution is 2.48. The molecule has 2 aliphatic rings. The molecule has 1 saturated heterocycles. The number of likely N-dealkylation sites (tertiary alicyclic amines) is 1. The van der Waals surface area contributed by atoms with Crippen LogP contribution in [0.3, 0.4) is 0 Å². The van der Waals surface area contributed by atoms with Gasteiger partial charge in [-0.1, -0.05) is 23.2 Å². The van der Waals surface area contributed by atoms with Gasteiger partial charge in [-0.2, -0.15) is 0 Å². The van der Waals surface area contributed by atoms with Crippen molar-refractivity contribution in [3.63, 3.8) is 0 Å². The van der Waals surface area contributed by atoms with Crippen LogP contribution in [0.15, 0.2) is 6.07 Å². The monoisotopic (exact) mass is 328 g/mol. The summed E-state index contributed by atoms with van der Waals surface area (Å²) in [4.78, 5) is 25.7. The zero-order chi connectivity index (χ0) is 15.4. The van der Waals surface area contributed by atoms with Crippen LogP contribution in [0.5, 0.6) is 0 Å². The smallest absolute Gasteiger partial charge is 0.248 e. The van der Waals surface area contributed by atoms with Crippen LogP contribution in [0, 0.1) is 6.92 Å². The minimum Gasteiger partial charge on any atom is -0.387 e. The van der Waals surface area contributed by atoms with E-state index in [9.17, 15) is 9.59 Å². The van der Waals surface area contributed by atoms with Crippen LogP contribution in [-0.4, -0.2) is 41.5 Å². The van der Waals surface area contributed by atoms with Gasteiger partial charge in [0.05, 0.1) is 15.5 Å². The second-order valence-corrected chi connectivity index (χ2v) is 6.26. The van der Waals surface area contributed by atoms with E-state index in [1.165, 1.54) is 4.90 Å². The summed E-state index contributed by atoms with van der Waals surface area (Å²) in [6, 6.07) is 1.71. The Morgan fingerprint density at radius 2 is 2.24 bits per heavy atom. The third-order valence-electron chi connectivity index (χ3n) is 4.40. The average molecular weight is 329 g/mol. The fourth-order valence-electron chi connectivity index (χ4n) is 3.17. The lowest BCUT2D eigenvalue weighted by Gasteiger charge is -2.22. The predicted octanol–water partition coefficient (Wildman–Crippen LogP) is 1.72. The second kappa shape index (κ2) is 4.87. The molecule has 2 N–H and O–H groups in total. The van der Waals surface area contributed by atoms with Gasteiger partial charge in [0.2, 0.25) is 11.8 Å². The molecule has 0 radical (unpaired) electrons. The van der Waals surface area contributed by atoms with Crippen molar-refractivity contribution < 1.29 is 14.7 Å². The summed E-state index contributed by atoms with van der Waals surface area (Å²) in [5, 5.41) is 12.7. The summed E-state index contributed by atoms with van der Waals surface area (Å²) in [6.45, 7) is 1.94. The first-order chi connectivity index (χ1) is 9.90. The van der Waals surface area contributed by atoms with Gasteiger partial charge in [0, 0.05) is 18.8 Å². The molecule has 1 aromatic rings. The highest BCUT2D eigenvalue weighted by molar-refractivity contribution is 6.43. The molecule has 3 rings (SSSR count). The van der Waals surface area contributed by atoms with Gasteiger partial charge in [-0.15, -0.1) is 0 Å². The first-order valence-electron chi connectivity index (χ1n) is 6.60. The van der Waals surface area contributed by atoms with Crippen molar-refractivity contribution in [2.75, 3.05) is 25.0 Å². The number of benzene rings is 1. The van der Waals surface area contributed by atoms with Gasteiger partial charge in [-0.3, -0.25) is 9.59 Å². The minimum absolute atomic E-state index is 0.146. The highest BCUT2D eigenvalue weighted by Gasteiger charge is 2.52. The summed E-state index contributed by atoms with van der Waals surface area (Å²) < 4.78 is 0. The quantitative estimate of drug-likeness (QED) is 0.824. The molecule has 2 amide bonds. The van der Waals surface area contributed by atoms with Gasteiger partial charge in [0.15, 0.2) is 0 Å². The van der Waals surface area contributed by atoms with Gasteiger partial charge in [-0.05, 0) is 30.5 Å². The Labute approximate surface area is 131 Å². The summed E-state index contributed by atoms with van der Waals surface area (Å²) >= 11 is 12.3. The molecule has 5 nitrogen and oxygen atoms in total. The Bertz CT molecular complexity index is 662. The maximum Gasteiger partial charge on any atom is 0.248 e. The molecule has 1 spiro atoms. The molecule has 0 aliphatic carbocycles. The van der Waals surface area contributed by atoms with Gasteiger partial charge >= 0.3 is 0 Å². The number of nitrogens with one attached hydrogen (secondary N) is 1. The molecule has 1 unspecified atom stereocenters. The number of anilines is 1. The molecular weight excluding hydrogens is 315 g/mol. The first-order valence-corrected chi connectivity index (χ1v) is 7.35. The number of aliphatic hydroxyl groups excluding tert-OH is 1. The van der Waals surface area contributed by atoms with E-state index >= 15 is 0 Å². The molecule has 0 saturated carbocycles. The molecule has 1 aromatic carbocycles. The molecule has 7 heteroatoms. The molecule has 21 heavy (non-hydrogen) atoms. The van der Waals surface area contributed by atoms with Crippen molar-refractivity contribution in [1.82, 2.24) is 4.90 Å². The van der Waals surface area contributed by atoms with Gasteiger partial charge in [-0.25, -0.2) is 0 Å². The Balaban J connectivity index is 2.08. The third kappa shape index (κ3) is 1.95. The standard InChI is InChI=1S/C14H14Cl2N2O3/c1-7-11(16)9(15)4-8-12(7)17-13(21)14(8)2-3-18(6-14)10(20)5-19/h4,19H,2-3,5-6H2,1H3,(H,17,21). The van der Waals surface area contributed by atoms with Crippen LogP contribution in [-0.2, 0) is 15.0 Å². The van der Waals surface area contributed by atoms with Crippen molar-refractivity contribution in [1.29, 1.82) is 0 Å². The largest absolute Gasteiger partial charge is 0.387 e. The van der Waals surface area contributed by atoms with Crippen LogP contribution >= 0.6 is 23.2 Å². The van der Waals surface area contributed by atoms with Crippen molar-refractivity contribution in [2.24, 2.45) is 0 Å². The Kier molecular flexibility index (Phi) is 3.39. The molecule has 0 bridgehead atoms. The zero-order valence-corrected chi connectivity index (χ0v) is 12.9. The molecule has 1 fully saturated rings. The summed E-state index contributed by atoms with van der Waals surface area (Å²) in [7, 11) is 0. The normalized spacial score (nSPS) is 23.6. The molecule has 112 valence electrons. The molecule has 0 aromatic heterocycles. The van der Waals surface area contributed by atoms with Crippen molar-refractivity contribution in [2.45, 2.75) is 18.8 Å². The van der Waals surface area contributed by atoms with Crippen LogP contribution in [0.4, 0.5) is 5.69 Å². The van der Waals surface area contributed by atoms with Crippen LogP contribution in [0.25, 0.3) is 0 Å². The SMILES string of the molecule is Cc1c(Cl)c(Cl)cc2c1NC(=O)C21CCN(C(=O)CO)C1. The lowest BCUT2D eigenvalue weighted by molar-refractivity contribution is -0.133. The fraction of sp³-hybridized carbons (Fsp3) is 0.429. The van der Waals surface area contributed by atoms with Crippen LogP contribution in [0.1, 0.15) is 17.5 Å². The number of carbonyl (C=O) groups is 2. The number of aliphatic hydroxyl groups is 1. The Morgan fingerprint density at radius 3 is 2.90 bits per heavy atom. The number of amides is 2. The van der Waals surface area contributed by atoms with Crippen molar-refractivity contribution >= 4 is 40.7 Å². The molecule has 2 heterocycles. The van der Waals surface area contributed by atoms with Crippen molar-refractivity contribution in [3.8, 4) is 0 Å². The van der Waals surface area contributed by atoms with E-state index in [1.807, 2.05) is 0 Å². The van der Waals surface area contributed by atoms with Gasteiger partial charge < -0.3 is 15.3 Å². The van der Waals surface area contributed by atoms with E-state index in [4.69, 9.17) is 28.3 Å². The number of hydrogen-bond donors (Lipinski definition) is 2. The number of rotatable bonds is 1. The maximum absolute atomic E-state index is 12.5. The van der Waals surface area contributed by atoms with E-state index < -0.39 is 12.0 Å². The fourth-order valence-corrected chi connectivity index (χ4v) is 3.57. The minimum atomic E-state index is -0.793. The Morgan fingerprint density at radius 1 is 1.52 bits per heavy atom. The Hall–Kier alpha value is -1.30. The number of fused-ring (bicyclic) bond motifs is 2. The highest BCUT2D eigenvalue weighted by atomic mass is 35.5. The first kappa shape index (κ1) is 14.6. The lowest BCUT2D eigenvalue weighted by atomic mass is 9.80. The number of nitrogens with zero attached hydrogens (tertiary/aromatic N) is 1. The second-order valence-electron chi connectivity index (χ2n) is 5.48. The summed E-state index contributed by atoms with van der Waals surface area (Å²) in [6.07, 6.45) is 0.509. The van der Waals surface area contributed by atoms with E-state index in [2.05, 4.69) is 5.32 Å².